The average Bonchev–Trinajstić information content (AvgIpc) is 0.779. The fourth-order valence-corrected chi connectivity index (χ4v) is 20.5. The highest BCUT2D eigenvalue weighted by Gasteiger charge is 2.34. The third-order valence-corrected chi connectivity index (χ3v) is 28.8. The Bertz CT molecular complexity index is 4770. The fraction of sp³-hybridized carbons (Fsp3) is 0.765. The summed E-state index contributed by atoms with van der Waals surface area (Å²) in [5.41, 5.74) is 14.4. The van der Waals surface area contributed by atoms with Crippen LogP contribution in [0.4, 0.5) is 34.1 Å². The van der Waals surface area contributed by atoms with Crippen LogP contribution in [0.3, 0.4) is 0 Å². The first-order valence-corrected chi connectivity index (χ1v) is 53.1. The van der Waals surface area contributed by atoms with Crippen molar-refractivity contribution < 1.29 is 28.4 Å². The van der Waals surface area contributed by atoms with Gasteiger partial charge < -0.3 is 87.2 Å². The van der Waals surface area contributed by atoms with Crippen molar-refractivity contribution in [1.82, 2.24) is 29.4 Å². The first-order chi connectivity index (χ1) is 61.3. The molecule has 0 bridgehead atoms. The predicted octanol–water partition coefficient (Wildman–Crippen LogP) is 24.7. The van der Waals surface area contributed by atoms with E-state index in [0.717, 1.165) is 272 Å². The average molecular weight is 2060 g/mol. The van der Waals surface area contributed by atoms with Gasteiger partial charge in [-0.3, -0.25) is 0 Å². The van der Waals surface area contributed by atoms with E-state index in [4.69, 9.17) is 175 Å². The van der Waals surface area contributed by atoms with Gasteiger partial charge in [0.1, 0.15) is 0 Å². The molecule has 0 radical (unpaired) electrons. The van der Waals surface area contributed by atoms with Gasteiger partial charge in [0.25, 0.3) is 0 Å². The van der Waals surface area contributed by atoms with Gasteiger partial charge >= 0.3 is 0 Å². The highest BCUT2D eigenvalue weighted by Crippen LogP contribution is 2.44. The summed E-state index contributed by atoms with van der Waals surface area (Å²) in [6.07, 6.45) is 4.77. The Hall–Kier alpha value is -2.16. The molecule has 6 rings (SSSR count). The van der Waals surface area contributed by atoms with Crippen LogP contribution in [0.1, 0.15) is 239 Å². The van der Waals surface area contributed by atoms with Crippen LogP contribution in [0, 0.1) is 54.1 Å². The molecular formula is C102H180N12O6S12. The van der Waals surface area contributed by atoms with Gasteiger partial charge in [-0.1, -0.05) is 327 Å². The second-order valence-corrected chi connectivity index (χ2v) is 46.2. The number of anilines is 6. The molecule has 30 heteroatoms. The van der Waals surface area contributed by atoms with E-state index in [0.29, 0.717) is 26.4 Å². The quantitative estimate of drug-likeness (QED) is 0.0268. The van der Waals surface area contributed by atoms with E-state index in [1.807, 2.05) is 14.1 Å². The molecule has 0 fully saturated rings. The van der Waals surface area contributed by atoms with Crippen molar-refractivity contribution in [3.8, 4) is 0 Å². The maximum absolute atomic E-state index is 5.85. The zero-order valence-corrected chi connectivity index (χ0v) is 99.0. The smallest absolute Gasteiger partial charge is 0.0798 e. The molecule has 6 aromatic rings. The Morgan fingerprint density at radius 3 is 0.545 bits per heavy atom. The lowest BCUT2D eigenvalue weighted by atomic mass is 9.83. The van der Waals surface area contributed by atoms with Crippen molar-refractivity contribution in [2.75, 3.05) is 310 Å². The Balaban J connectivity index is 0.000000793. The molecule has 0 unspecified atom stereocenters. The van der Waals surface area contributed by atoms with Crippen LogP contribution in [-0.2, 0) is 60.9 Å². The topological polar surface area (TPSA) is 94.3 Å². The first kappa shape index (κ1) is 128. The fourth-order valence-electron chi connectivity index (χ4n) is 15.3. The lowest BCUT2D eigenvalue weighted by Gasteiger charge is -2.32. The molecule has 0 spiro atoms. The summed E-state index contributed by atoms with van der Waals surface area (Å²) in [5.74, 6) is 0. The summed E-state index contributed by atoms with van der Waals surface area (Å²) in [5, 5.41) is 0. The normalized spacial score (nSPS) is 12.3. The molecule has 18 nitrogen and oxygen atoms in total. The largest absolute Gasteiger partial charge is 0.378 e. The van der Waals surface area contributed by atoms with Gasteiger partial charge in [-0.05, 0) is 139 Å². The SMILES string of the molecule is CCCN(C)CCOCCN(C)c1c(C(C)(C)C)c(=S)c1=S.CCCN(CC)CCOCCN(C)c1c(C(C)(C)C)c(=S)c1=S.CCCN(CCC)CCOCCN(C)c1c(C(C)(C)C)c(=S)c1=S.CCN(C)CCOCCN(C)c1c(C(C)(C)C)c(=S)c1=S.CCN(CC)CCOCCN(C)c1c(C(C)(C)C)c(=S)c1=S.CN(C)CCOCCN(C)c1c(C(C)(C)C)c(=S)c1=S. The predicted molar refractivity (Wildman–Crippen MR) is 606 cm³/mol. The number of nitrogens with zero attached hydrogens (tertiary/aromatic N) is 12. The van der Waals surface area contributed by atoms with Gasteiger partial charge in [0.15, 0.2) is 0 Å². The van der Waals surface area contributed by atoms with Crippen LogP contribution in [0.15, 0.2) is 0 Å². The molecule has 0 aromatic heterocycles. The number of likely N-dealkylation sites (N-methyl/N-ethyl adjacent to an activating group) is 11. The van der Waals surface area contributed by atoms with Gasteiger partial charge in [0.05, 0.1) is 168 Å². The number of ether oxygens (including phenoxy) is 6. The van der Waals surface area contributed by atoms with Crippen LogP contribution >= 0.6 is 147 Å². The number of hydrogen-bond donors (Lipinski definition) is 0. The van der Waals surface area contributed by atoms with Crippen molar-refractivity contribution in [1.29, 1.82) is 0 Å². The van der Waals surface area contributed by atoms with Crippen molar-refractivity contribution in [2.45, 2.75) is 238 Å². The minimum absolute atomic E-state index is 0.0463. The lowest BCUT2D eigenvalue weighted by Crippen LogP contribution is -2.31. The molecule has 0 amide bonds. The Morgan fingerprint density at radius 1 is 0.182 bits per heavy atom. The molecule has 756 valence electrons. The molecule has 0 atom stereocenters. The molecule has 0 N–H and O–H groups in total. The third kappa shape index (κ3) is 41.8. The molecular weight excluding hydrogens is 1870 g/mol. The van der Waals surface area contributed by atoms with Crippen molar-refractivity contribution in [3.05, 3.63) is 87.5 Å². The summed E-state index contributed by atoms with van der Waals surface area (Å²) in [6, 6.07) is 0. The van der Waals surface area contributed by atoms with Crippen molar-refractivity contribution in [3.63, 3.8) is 0 Å². The van der Waals surface area contributed by atoms with Crippen LogP contribution in [0.5, 0.6) is 0 Å². The van der Waals surface area contributed by atoms with E-state index in [-0.39, 0.29) is 32.5 Å². The molecule has 0 aliphatic carbocycles. The van der Waals surface area contributed by atoms with Gasteiger partial charge in [0.2, 0.25) is 0 Å². The van der Waals surface area contributed by atoms with E-state index in [9.17, 15) is 0 Å². The number of rotatable bonds is 54. The summed E-state index contributed by atoms with van der Waals surface area (Å²) in [4.78, 5) is 27.0. The van der Waals surface area contributed by atoms with Crippen LogP contribution in [-0.4, -0.2) is 310 Å². The molecule has 0 heterocycles. The maximum Gasteiger partial charge on any atom is 0.0798 e. The second kappa shape index (κ2) is 62.3. The Morgan fingerprint density at radius 2 is 0.356 bits per heavy atom. The van der Waals surface area contributed by atoms with Crippen LogP contribution in [0.2, 0.25) is 0 Å². The Labute approximate surface area is 866 Å². The lowest BCUT2D eigenvalue weighted by molar-refractivity contribution is 0.108. The molecule has 132 heavy (non-hydrogen) atoms. The molecule has 0 saturated carbocycles. The second-order valence-electron chi connectivity index (χ2n) is 41.3. The van der Waals surface area contributed by atoms with Gasteiger partial charge in [-0.25, -0.2) is 0 Å². The molecule has 6 aromatic carbocycles. The van der Waals surface area contributed by atoms with Crippen molar-refractivity contribution in [2.24, 2.45) is 0 Å². The minimum atomic E-state index is 0.0463. The number of hydrogen-bond acceptors (Lipinski definition) is 30. The monoisotopic (exact) mass is 2050 g/mol. The zero-order valence-electron chi connectivity index (χ0n) is 89.2. The standard InChI is InChI=1S/C19H34N2OS2.C18H32N2OS2.2C17H30N2OS2.C16H28N2OS2.C15H26N2OS2/c1-7-9-21(10-8-2)12-14-22-13-11-20(6)16-15(19(3,4)5)17(23)18(16)24;1-7-9-20(8-2)11-13-21-12-10-19(6)15-14(18(3,4)5)16(22)17(15)23;1-7-8-18(5)9-11-20-12-10-19(6)14-13(17(2,3)4)15(21)16(14)22;1-7-19(8-2)10-12-20-11-9-18(6)14-13(17(3,4)5)15(21)16(14)22;1-7-17(5)8-10-19-11-9-18(6)13-12(16(2,3)4)14(20)15(13)21;1-15(2,3)11-12(14(20)13(11)19)17(6)8-10-18-9-7-16(4)5/h7-14H2,1-6H3;7-13H2,1-6H3;2*7-12H2,1-6H3;7-11H2,1-6H3;7-10H2,1-6H3. The highest BCUT2D eigenvalue weighted by atomic mass is 32.1. The molecule has 0 aliphatic rings. The van der Waals surface area contributed by atoms with Gasteiger partial charge in [-0.2, -0.15) is 0 Å². The van der Waals surface area contributed by atoms with Crippen LogP contribution < -0.4 is 29.4 Å². The van der Waals surface area contributed by atoms with E-state index in [1.54, 1.807) is 0 Å². The third-order valence-electron chi connectivity index (χ3n) is 23.2. The highest BCUT2D eigenvalue weighted by molar-refractivity contribution is 7.75. The first-order valence-electron chi connectivity index (χ1n) is 48.2. The maximum atomic E-state index is 5.85. The van der Waals surface area contributed by atoms with E-state index < -0.39 is 0 Å². The summed E-state index contributed by atoms with van der Waals surface area (Å²) in [6.45, 7) is 85.7. The van der Waals surface area contributed by atoms with Gasteiger partial charge in [0, 0.05) is 154 Å². The summed E-state index contributed by atoms with van der Waals surface area (Å²) < 4.78 is 44.7. The van der Waals surface area contributed by atoms with E-state index >= 15 is 0 Å². The van der Waals surface area contributed by atoms with Crippen molar-refractivity contribution >= 4 is 181 Å². The Kier molecular flexibility index (Phi) is 60.3. The van der Waals surface area contributed by atoms with Crippen LogP contribution in [0.25, 0.3) is 0 Å². The molecule has 0 saturated heterocycles. The molecule has 0 aliphatic heterocycles. The van der Waals surface area contributed by atoms with E-state index in [1.165, 1.54) is 59.1 Å². The minimum Gasteiger partial charge on any atom is -0.378 e. The van der Waals surface area contributed by atoms with Gasteiger partial charge in [-0.15, -0.1) is 0 Å². The summed E-state index contributed by atoms with van der Waals surface area (Å²) in [7, 11) is 20.8. The van der Waals surface area contributed by atoms with E-state index in [2.05, 4.69) is 295 Å². The zero-order chi connectivity index (χ0) is 101. The summed E-state index contributed by atoms with van der Waals surface area (Å²) >= 11 is 65.1.